The summed E-state index contributed by atoms with van der Waals surface area (Å²) in [6.07, 6.45) is 0.400. The monoisotopic (exact) mass is 408 g/mol. The van der Waals surface area contributed by atoms with Crippen LogP contribution >= 0.6 is 0 Å². The van der Waals surface area contributed by atoms with Crippen LogP contribution in [0.4, 0.5) is 5.69 Å². The molecule has 3 aromatic rings. The van der Waals surface area contributed by atoms with E-state index in [0.717, 1.165) is 45.8 Å². The van der Waals surface area contributed by atoms with Gasteiger partial charge in [-0.2, -0.15) is 4.99 Å². The lowest BCUT2D eigenvalue weighted by atomic mass is 10.1. The Bertz CT molecular complexity index is 1070. The van der Waals surface area contributed by atoms with Crippen LogP contribution in [0.15, 0.2) is 47.5 Å². The van der Waals surface area contributed by atoms with Crippen LogP contribution < -0.4 is 14.5 Å². The Morgan fingerprint density at radius 1 is 1.10 bits per heavy atom. The Balaban J connectivity index is 1.76. The third kappa shape index (κ3) is 3.86. The molecular weight excluding hydrogens is 380 g/mol. The maximum Gasteiger partial charge on any atom is 0.245 e. The zero-order chi connectivity index (χ0) is 21.3. The van der Waals surface area contributed by atoms with Crippen LogP contribution in [0.5, 0.6) is 11.5 Å². The van der Waals surface area contributed by atoms with Crippen LogP contribution in [0.1, 0.15) is 24.6 Å². The number of benzene rings is 2. The molecule has 1 N–H and O–H groups in total. The minimum atomic E-state index is -0.505. The number of ether oxygens (including phenoxy) is 3. The van der Waals surface area contributed by atoms with Crippen LogP contribution in [0.3, 0.4) is 0 Å². The minimum Gasteiger partial charge on any atom is -0.497 e. The van der Waals surface area contributed by atoms with Gasteiger partial charge in [0.05, 0.1) is 25.0 Å². The lowest BCUT2D eigenvalue weighted by Gasteiger charge is -2.39. The van der Waals surface area contributed by atoms with Crippen molar-refractivity contribution in [3.8, 4) is 11.5 Å². The summed E-state index contributed by atoms with van der Waals surface area (Å²) in [6.45, 7) is 4.72. The molecule has 0 saturated heterocycles. The fourth-order valence-corrected chi connectivity index (χ4v) is 3.61. The summed E-state index contributed by atoms with van der Waals surface area (Å²) in [4.78, 5) is 8.15. The molecule has 7 heteroatoms. The molecule has 0 bridgehead atoms. The SMILES string of the molecule is CCCOC1N=C(Oc2ccc3[nH]c(C)cc3c2)c2cc(OC)ccc2N1N(C)C. The van der Waals surface area contributed by atoms with E-state index in [2.05, 4.69) is 18.0 Å². The fraction of sp³-hybridized carbons (Fsp3) is 0.348. The van der Waals surface area contributed by atoms with Crippen LogP contribution in [-0.2, 0) is 4.74 Å². The van der Waals surface area contributed by atoms with Gasteiger partial charge in [-0.1, -0.05) is 6.92 Å². The van der Waals surface area contributed by atoms with E-state index in [4.69, 9.17) is 19.2 Å². The van der Waals surface area contributed by atoms with Crippen molar-refractivity contribution in [1.82, 2.24) is 9.99 Å². The van der Waals surface area contributed by atoms with Gasteiger partial charge < -0.3 is 19.2 Å². The van der Waals surface area contributed by atoms with E-state index in [-0.39, 0.29) is 0 Å². The second kappa shape index (κ2) is 8.38. The topological polar surface area (TPSA) is 62.3 Å². The highest BCUT2D eigenvalue weighted by atomic mass is 16.5. The molecule has 0 aliphatic carbocycles. The minimum absolute atomic E-state index is 0.505. The van der Waals surface area contributed by atoms with Gasteiger partial charge in [-0.25, -0.2) is 5.01 Å². The molecule has 0 radical (unpaired) electrons. The first-order valence-corrected chi connectivity index (χ1v) is 10.1. The Labute approximate surface area is 176 Å². The van der Waals surface area contributed by atoms with Gasteiger partial charge in [0.1, 0.15) is 11.5 Å². The number of rotatable bonds is 6. The van der Waals surface area contributed by atoms with E-state index in [1.807, 2.05) is 67.4 Å². The first-order chi connectivity index (χ1) is 14.5. The van der Waals surface area contributed by atoms with Crippen molar-refractivity contribution >= 4 is 22.5 Å². The molecule has 0 amide bonds. The molecule has 158 valence electrons. The quantitative estimate of drug-likeness (QED) is 0.658. The molecule has 2 heterocycles. The number of hydrogen-bond donors (Lipinski definition) is 1. The molecule has 2 aromatic carbocycles. The second-order valence-electron chi connectivity index (χ2n) is 7.51. The Morgan fingerprint density at radius 3 is 2.63 bits per heavy atom. The number of H-pyrrole nitrogens is 1. The van der Waals surface area contributed by atoms with E-state index < -0.39 is 6.35 Å². The molecule has 1 aliphatic heterocycles. The summed E-state index contributed by atoms with van der Waals surface area (Å²) in [5, 5.41) is 5.08. The molecule has 7 nitrogen and oxygen atoms in total. The molecule has 30 heavy (non-hydrogen) atoms. The molecule has 1 aromatic heterocycles. The maximum absolute atomic E-state index is 6.29. The van der Waals surface area contributed by atoms with Crippen molar-refractivity contribution in [2.24, 2.45) is 4.99 Å². The summed E-state index contributed by atoms with van der Waals surface area (Å²) in [7, 11) is 5.60. The number of methoxy groups -OCH3 is 1. The Hall–Kier alpha value is -3.03. The lowest BCUT2D eigenvalue weighted by Crippen LogP contribution is -2.49. The predicted octanol–water partition coefficient (Wildman–Crippen LogP) is 4.32. The van der Waals surface area contributed by atoms with Crippen molar-refractivity contribution in [3.05, 3.63) is 53.7 Å². The molecule has 1 aliphatic rings. The zero-order valence-electron chi connectivity index (χ0n) is 18.1. The smallest absolute Gasteiger partial charge is 0.245 e. The molecule has 0 fully saturated rings. The van der Waals surface area contributed by atoms with Gasteiger partial charge in [0, 0.05) is 30.7 Å². The number of nitrogens with one attached hydrogen (secondary N) is 1. The van der Waals surface area contributed by atoms with Gasteiger partial charge in [-0.05, 0) is 55.8 Å². The lowest BCUT2D eigenvalue weighted by molar-refractivity contribution is 0.0261. The molecule has 0 saturated carbocycles. The largest absolute Gasteiger partial charge is 0.497 e. The first-order valence-electron chi connectivity index (χ1n) is 10.1. The number of hydrogen-bond acceptors (Lipinski definition) is 6. The third-order valence-electron chi connectivity index (χ3n) is 4.96. The first kappa shape index (κ1) is 20.3. The van der Waals surface area contributed by atoms with Gasteiger partial charge in [0.25, 0.3) is 0 Å². The standard InChI is InChI=1S/C23H28N4O3/c1-6-11-29-23-25-22(30-18-7-9-20-16(13-18)12-15(2)24-20)19-14-17(28-5)8-10-21(19)27(23)26(3)4/h7-10,12-14,23-24H,6,11H2,1-5H3. The number of aliphatic imine (C=N–C) groups is 1. The third-order valence-corrected chi connectivity index (χ3v) is 4.96. The van der Waals surface area contributed by atoms with Gasteiger partial charge in [-0.15, -0.1) is 0 Å². The number of anilines is 1. The number of fused-ring (bicyclic) bond motifs is 2. The van der Waals surface area contributed by atoms with E-state index in [9.17, 15) is 0 Å². The maximum atomic E-state index is 6.29. The van der Waals surface area contributed by atoms with Crippen LogP contribution in [0.2, 0.25) is 0 Å². The highest BCUT2D eigenvalue weighted by molar-refractivity contribution is 6.03. The molecule has 4 rings (SSSR count). The predicted molar refractivity (Wildman–Crippen MR) is 119 cm³/mol. The summed E-state index contributed by atoms with van der Waals surface area (Å²) in [5.41, 5.74) is 3.99. The summed E-state index contributed by atoms with van der Waals surface area (Å²) < 4.78 is 17.8. The second-order valence-corrected chi connectivity index (χ2v) is 7.51. The van der Waals surface area contributed by atoms with E-state index in [1.54, 1.807) is 7.11 Å². The Kier molecular flexibility index (Phi) is 5.65. The molecule has 1 unspecified atom stereocenters. The number of hydrazine groups is 1. The zero-order valence-corrected chi connectivity index (χ0v) is 18.1. The average Bonchev–Trinajstić information content (AvgIpc) is 3.10. The summed E-state index contributed by atoms with van der Waals surface area (Å²) >= 11 is 0. The van der Waals surface area contributed by atoms with Crippen LogP contribution in [-0.4, -0.2) is 50.1 Å². The van der Waals surface area contributed by atoms with Gasteiger partial charge >= 0.3 is 0 Å². The fourth-order valence-electron chi connectivity index (χ4n) is 3.61. The van der Waals surface area contributed by atoms with Crippen molar-refractivity contribution in [1.29, 1.82) is 0 Å². The number of aromatic nitrogens is 1. The number of aromatic amines is 1. The highest BCUT2D eigenvalue weighted by Crippen LogP contribution is 2.34. The van der Waals surface area contributed by atoms with Crippen molar-refractivity contribution < 1.29 is 14.2 Å². The van der Waals surface area contributed by atoms with Gasteiger partial charge in [-0.3, -0.25) is 5.01 Å². The van der Waals surface area contributed by atoms with Gasteiger partial charge in [0.2, 0.25) is 12.2 Å². The normalized spacial score (nSPS) is 16.0. The van der Waals surface area contributed by atoms with E-state index >= 15 is 0 Å². The van der Waals surface area contributed by atoms with E-state index in [1.165, 1.54) is 0 Å². The van der Waals surface area contributed by atoms with Crippen molar-refractivity contribution in [2.75, 3.05) is 32.8 Å². The van der Waals surface area contributed by atoms with Crippen molar-refractivity contribution in [2.45, 2.75) is 26.6 Å². The summed E-state index contributed by atoms with van der Waals surface area (Å²) in [5.74, 6) is 1.98. The van der Waals surface area contributed by atoms with Gasteiger partial charge in [0.15, 0.2) is 0 Å². The van der Waals surface area contributed by atoms with Crippen LogP contribution in [0.25, 0.3) is 10.9 Å². The molecular formula is C23H28N4O3. The van der Waals surface area contributed by atoms with Crippen LogP contribution in [0, 0.1) is 6.92 Å². The Morgan fingerprint density at radius 2 is 1.90 bits per heavy atom. The van der Waals surface area contributed by atoms with Crippen molar-refractivity contribution in [3.63, 3.8) is 0 Å². The molecule has 1 atom stereocenters. The molecule has 0 spiro atoms. The summed E-state index contributed by atoms with van der Waals surface area (Å²) in [6, 6.07) is 14.0. The average molecular weight is 409 g/mol. The number of aryl methyl sites for hydroxylation is 1. The number of nitrogens with zero attached hydrogens (tertiary/aromatic N) is 3. The highest BCUT2D eigenvalue weighted by Gasteiger charge is 2.32. The van der Waals surface area contributed by atoms with E-state index in [0.29, 0.717) is 12.5 Å².